The Hall–Kier alpha value is -1.53. The van der Waals surface area contributed by atoms with Crippen LogP contribution in [0.3, 0.4) is 0 Å². The second kappa shape index (κ2) is 4.38. The molecule has 0 radical (unpaired) electrons. The Balaban J connectivity index is 2.37. The zero-order chi connectivity index (χ0) is 12.6. The van der Waals surface area contributed by atoms with Crippen LogP contribution in [-0.4, -0.2) is 32.4 Å². The molecule has 0 saturated carbocycles. The van der Waals surface area contributed by atoms with Gasteiger partial charge in [0.2, 0.25) is 0 Å². The third-order valence-electron chi connectivity index (χ3n) is 2.29. The maximum atomic E-state index is 11.7. The van der Waals surface area contributed by atoms with E-state index in [0.717, 1.165) is 0 Å². The van der Waals surface area contributed by atoms with E-state index < -0.39 is 0 Å². The number of thiocarbonyl (C=S) groups is 1. The van der Waals surface area contributed by atoms with E-state index in [9.17, 15) is 9.90 Å². The van der Waals surface area contributed by atoms with E-state index in [1.54, 1.807) is 13.1 Å². The highest BCUT2D eigenvalue weighted by Gasteiger charge is 2.28. The molecule has 0 bridgehead atoms. The van der Waals surface area contributed by atoms with Gasteiger partial charge in [-0.2, -0.15) is 0 Å². The third kappa shape index (κ3) is 2.27. The summed E-state index contributed by atoms with van der Waals surface area (Å²) in [6, 6.07) is 4.20. The van der Waals surface area contributed by atoms with Gasteiger partial charge in [-0.25, -0.2) is 0 Å². The average molecular weight is 267 g/mol. The van der Waals surface area contributed by atoms with Crippen LogP contribution >= 0.6 is 24.0 Å². The van der Waals surface area contributed by atoms with E-state index in [4.69, 9.17) is 17.3 Å². The molecule has 1 aliphatic heterocycles. The second-order valence-corrected chi connectivity index (χ2v) is 5.16. The van der Waals surface area contributed by atoms with E-state index in [1.807, 2.05) is 0 Å². The van der Waals surface area contributed by atoms with E-state index >= 15 is 0 Å². The number of phenols is 2. The first kappa shape index (κ1) is 11.9. The summed E-state index contributed by atoms with van der Waals surface area (Å²) in [6.45, 7) is 0. The van der Waals surface area contributed by atoms with Crippen LogP contribution in [0, 0.1) is 0 Å². The molecule has 1 aromatic carbocycles. The molecule has 2 N–H and O–H groups in total. The van der Waals surface area contributed by atoms with Gasteiger partial charge < -0.3 is 10.2 Å². The number of aromatic hydroxyl groups is 2. The molecule has 17 heavy (non-hydrogen) atoms. The first-order valence-electron chi connectivity index (χ1n) is 4.72. The molecule has 0 aromatic heterocycles. The SMILES string of the molecule is CN1C(=O)/C(=C/c2ccc(O)cc2O)SC1=S. The van der Waals surface area contributed by atoms with Crippen LogP contribution in [0.15, 0.2) is 23.1 Å². The molecule has 0 aliphatic carbocycles. The maximum Gasteiger partial charge on any atom is 0.265 e. The lowest BCUT2D eigenvalue weighted by atomic mass is 10.1. The molecule has 1 saturated heterocycles. The number of carbonyl (C=O) groups is 1. The van der Waals surface area contributed by atoms with E-state index in [-0.39, 0.29) is 17.4 Å². The van der Waals surface area contributed by atoms with Gasteiger partial charge in [-0.3, -0.25) is 9.69 Å². The van der Waals surface area contributed by atoms with Crippen molar-refractivity contribution < 1.29 is 15.0 Å². The Labute approximate surface area is 108 Å². The molecule has 0 atom stereocenters. The van der Waals surface area contributed by atoms with Crippen molar-refractivity contribution in [2.45, 2.75) is 0 Å². The number of hydrogen-bond donors (Lipinski definition) is 2. The van der Waals surface area contributed by atoms with Crippen LogP contribution in [0.25, 0.3) is 6.08 Å². The Bertz CT molecular complexity index is 540. The van der Waals surface area contributed by atoms with Gasteiger partial charge in [0.15, 0.2) is 0 Å². The fourth-order valence-electron chi connectivity index (χ4n) is 1.34. The van der Waals surface area contributed by atoms with Crippen LogP contribution < -0.4 is 0 Å². The molecule has 0 unspecified atom stereocenters. The lowest BCUT2D eigenvalue weighted by Gasteiger charge is -2.03. The molecule has 0 spiro atoms. The number of nitrogens with zero attached hydrogens (tertiary/aromatic N) is 1. The summed E-state index contributed by atoms with van der Waals surface area (Å²) in [6.07, 6.45) is 1.55. The van der Waals surface area contributed by atoms with Gasteiger partial charge >= 0.3 is 0 Å². The van der Waals surface area contributed by atoms with E-state index in [0.29, 0.717) is 14.8 Å². The van der Waals surface area contributed by atoms with Gasteiger partial charge in [0.05, 0.1) is 4.91 Å². The number of phenolic OH excluding ortho intramolecular Hbond substituents is 2. The predicted molar refractivity (Wildman–Crippen MR) is 70.7 cm³/mol. The summed E-state index contributed by atoms with van der Waals surface area (Å²) in [5.74, 6) is -0.290. The summed E-state index contributed by atoms with van der Waals surface area (Å²) in [4.78, 5) is 13.6. The van der Waals surface area contributed by atoms with Gasteiger partial charge in [0.1, 0.15) is 15.8 Å². The van der Waals surface area contributed by atoms with Gasteiger partial charge in [0.25, 0.3) is 5.91 Å². The predicted octanol–water partition coefficient (Wildman–Crippen LogP) is 1.93. The van der Waals surface area contributed by atoms with E-state index in [1.165, 1.54) is 34.9 Å². The lowest BCUT2D eigenvalue weighted by Crippen LogP contribution is -2.22. The summed E-state index contributed by atoms with van der Waals surface area (Å²) in [7, 11) is 1.61. The third-order valence-corrected chi connectivity index (χ3v) is 3.77. The van der Waals surface area contributed by atoms with Gasteiger partial charge in [-0.15, -0.1) is 0 Å². The van der Waals surface area contributed by atoms with Crippen LogP contribution in [0.4, 0.5) is 0 Å². The number of thioether (sulfide) groups is 1. The quantitative estimate of drug-likeness (QED) is 0.601. The highest BCUT2D eigenvalue weighted by atomic mass is 32.2. The van der Waals surface area contributed by atoms with Crippen molar-refractivity contribution in [1.29, 1.82) is 0 Å². The van der Waals surface area contributed by atoms with Crippen molar-refractivity contribution in [1.82, 2.24) is 4.90 Å². The largest absolute Gasteiger partial charge is 0.508 e. The van der Waals surface area contributed by atoms with Crippen LogP contribution in [0.5, 0.6) is 11.5 Å². The zero-order valence-corrected chi connectivity index (χ0v) is 10.5. The smallest absolute Gasteiger partial charge is 0.265 e. The van der Waals surface area contributed by atoms with Gasteiger partial charge in [0, 0.05) is 18.7 Å². The number of amides is 1. The highest BCUT2D eigenvalue weighted by molar-refractivity contribution is 8.26. The number of rotatable bonds is 1. The van der Waals surface area contributed by atoms with Crippen molar-refractivity contribution in [3.05, 3.63) is 28.7 Å². The molecule has 1 amide bonds. The highest BCUT2D eigenvalue weighted by Crippen LogP contribution is 2.33. The fourth-order valence-corrected chi connectivity index (χ4v) is 2.51. The fraction of sp³-hybridized carbons (Fsp3) is 0.0909. The van der Waals surface area contributed by atoms with Crippen molar-refractivity contribution in [3.8, 4) is 11.5 Å². The van der Waals surface area contributed by atoms with Crippen LogP contribution in [-0.2, 0) is 4.79 Å². The van der Waals surface area contributed by atoms with Crippen molar-refractivity contribution >= 4 is 40.3 Å². The second-order valence-electron chi connectivity index (χ2n) is 3.48. The topological polar surface area (TPSA) is 60.8 Å². The van der Waals surface area contributed by atoms with Crippen molar-refractivity contribution in [3.63, 3.8) is 0 Å². The molecule has 1 aromatic rings. The van der Waals surface area contributed by atoms with Crippen molar-refractivity contribution in [2.75, 3.05) is 7.05 Å². The maximum absolute atomic E-state index is 11.7. The molecule has 6 heteroatoms. The monoisotopic (exact) mass is 267 g/mol. The first-order chi connectivity index (χ1) is 7.99. The summed E-state index contributed by atoms with van der Waals surface area (Å²) in [5, 5.41) is 18.8. The van der Waals surface area contributed by atoms with E-state index in [2.05, 4.69) is 0 Å². The zero-order valence-electron chi connectivity index (χ0n) is 8.88. The summed E-state index contributed by atoms with van der Waals surface area (Å²) in [5.41, 5.74) is 0.469. The Morgan fingerprint density at radius 1 is 1.41 bits per heavy atom. The Morgan fingerprint density at radius 2 is 2.12 bits per heavy atom. The number of hydrogen-bond acceptors (Lipinski definition) is 5. The summed E-state index contributed by atoms with van der Waals surface area (Å²) >= 11 is 6.18. The van der Waals surface area contributed by atoms with Crippen molar-refractivity contribution in [2.24, 2.45) is 0 Å². The first-order valence-corrected chi connectivity index (χ1v) is 5.95. The molecule has 1 aliphatic rings. The van der Waals surface area contributed by atoms with Crippen LogP contribution in [0.1, 0.15) is 5.56 Å². The summed E-state index contributed by atoms with van der Waals surface area (Å²) < 4.78 is 0.486. The Morgan fingerprint density at radius 3 is 2.65 bits per heavy atom. The minimum Gasteiger partial charge on any atom is -0.508 e. The standard InChI is InChI=1S/C11H9NO3S2/c1-12-10(15)9(17-11(12)16)4-6-2-3-7(13)5-8(6)14/h2-5,13-14H,1H3/b9-4-. The average Bonchev–Trinajstić information content (AvgIpc) is 2.50. The lowest BCUT2D eigenvalue weighted by molar-refractivity contribution is -0.121. The van der Waals surface area contributed by atoms with Crippen LogP contribution in [0.2, 0.25) is 0 Å². The molecule has 88 valence electrons. The molecule has 1 heterocycles. The minimum absolute atomic E-state index is 0.0253. The Kier molecular flexibility index (Phi) is 3.08. The minimum atomic E-state index is -0.188. The molecule has 1 fully saturated rings. The van der Waals surface area contributed by atoms with Gasteiger partial charge in [-0.1, -0.05) is 24.0 Å². The molecular formula is C11H9NO3S2. The van der Waals surface area contributed by atoms with Gasteiger partial charge in [-0.05, 0) is 18.2 Å². The number of likely N-dealkylation sites (N-methyl/N-ethyl adjacent to an activating group) is 1. The number of benzene rings is 1. The number of carbonyl (C=O) groups excluding carboxylic acids is 1. The molecule has 4 nitrogen and oxygen atoms in total. The normalized spacial score (nSPS) is 18.2. The molecule has 2 rings (SSSR count). The molecular weight excluding hydrogens is 258 g/mol.